The number of rotatable bonds is 6. The summed E-state index contributed by atoms with van der Waals surface area (Å²) in [5.74, 6) is -0.932. The van der Waals surface area contributed by atoms with Crippen LogP contribution in [0.4, 0.5) is 0 Å². The van der Waals surface area contributed by atoms with Crippen LogP contribution in [0, 0.1) is 0 Å². The van der Waals surface area contributed by atoms with Crippen molar-refractivity contribution in [1.29, 1.82) is 0 Å². The first kappa shape index (κ1) is 18.0. The molecule has 0 spiro atoms. The maximum atomic E-state index is 12.1. The van der Waals surface area contributed by atoms with Crippen LogP contribution in [0.15, 0.2) is 54.6 Å². The molecule has 1 aromatic heterocycles. The van der Waals surface area contributed by atoms with Gasteiger partial charge in [0.15, 0.2) is 0 Å². The second kappa shape index (κ2) is 8.55. The first-order valence-corrected chi connectivity index (χ1v) is 8.84. The monoisotopic (exact) mass is 387 g/mol. The number of nitrogens with zero attached hydrogens (tertiary/aromatic N) is 2. The van der Waals surface area contributed by atoms with E-state index in [1.54, 1.807) is 12.1 Å². The summed E-state index contributed by atoms with van der Waals surface area (Å²) in [5.41, 5.74) is 2.94. The van der Waals surface area contributed by atoms with E-state index in [4.69, 9.17) is 16.3 Å². The standard InChI is InChI=1S/C18H14ClN3O3S/c19-17-15(21-22-26-17)11-25-16(23)10-20-18(24)14-8-6-13(7-9-14)12-4-2-1-3-5-12/h1-9H,10-11H2,(H,20,24). The molecule has 8 heteroatoms. The molecule has 3 rings (SSSR count). The van der Waals surface area contributed by atoms with Gasteiger partial charge >= 0.3 is 5.97 Å². The summed E-state index contributed by atoms with van der Waals surface area (Å²) in [6.45, 7) is -0.315. The second-order valence-corrected chi connectivity index (χ2v) is 6.64. The molecule has 0 aliphatic carbocycles. The Morgan fingerprint density at radius 1 is 1.04 bits per heavy atom. The number of nitrogens with one attached hydrogen (secondary N) is 1. The van der Waals surface area contributed by atoms with Crippen LogP contribution in [0.2, 0.25) is 4.34 Å². The van der Waals surface area contributed by atoms with Gasteiger partial charge in [-0.15, -0.1) is 5.10 Å². The molecule has 1 amide bonds. The van der Waals surface area contributed by atoms with Gasteiger partial charge in [0.25, 0.3) is 5.91 Å². The van der Waals surface area contributed by atoms with Crippen LogP contribution in [0.3, 0.4) is 0 Å². The fourth-order valence-corrected chi connectivity index (χ4v) is 2.78. The van der Waals surface area contributed by atoms with Crippen molar-refractivity contribution in [2.75, 3.05) is 6.54 Å². The third-order valence-corrected chi connectivity index (χ3v) is 4.51. The highest BCUT2D eigenvalue weighted by atomic mass is 35.5. The van der Waals surface area contributed by atoms with Crippen LogP contribution in [0.5, 0.6) is 0 Å². The number of hydrogen-bond donors (Lipinski definition) is 1. The van der Waals surface area contributed by atoms with E-state index in [9.17, 15) is 9.59 Å². The Balaban J connectivity index is 1.50. The zero-order valence-corrected chi connectivity index (χ0v) is 15.1. The van der Waals surface area contributed by atoms with Crippen LogP contribution in [0.25, 0.3) is 11.1 Å². The van der Waals surface area contributed by atoms with Gasteiger partial charge in [0.05, 0.1) is 0 Å². The van der Waals surface area contributed by atoms with Gasteiger partial charge in [0.1, 0.15) is 23.2 Å². The van der Waals surface area contributed by atoms with Gasteiger partial charge in [-0.1, -0.05) is 58.6 Å². The Hall–Kier alpha value is -2.77. The van der Waals surface area contributed by atoms with Gasteiger partial charge in [0.2, 0.25) is 0 Å². The fraction of sp³-hybridized carbons (Fsp3) is 0.111. The first-order valence-electron chi connectivity index (χ1n) is 7.69. The third kappa shape index (κ3) is 4.65. The van der Waals surface area contributed by atoms with E-state index in [1.807, 2.05) is 42.5 Å². The summed E-state index contributed by atoms with van der Waals surface area (Å²) in [4.78, 5) is 23.8. The lowest BCUT2D eigenvalue weighted by atomic mass is 10.0. The minimum absolute atomic E-state index is 0.0736. The molecular formula is C18H14ClN3O3S. The molecule has 132 valence electrons. The molecule has 0 radical (unpaired) electrons. The maximum Gasteiger partial charge on any atom is 0.325 e. The topological polar surface area (TPSA) is 81.2 Å². The van der Waals surface area contributed by atoms with Gasteiger partial charge < -0.3 is 10.1 Å². The van der Waals surface area contributed by atoms with E-state index in [0.29, 0.717) is 15.6 Å². The maximum absolute atomic E-state index is 12.1. The highest BCUT2D eigenvalue weighted by Crippen LogP contribution is 2.19. The number of aromatic nitrogens is 2. The zero-order chi connectivity index (χ0) is 18.4. The van der Waals surface area contributed by atoms with Gasteiger partial charge in [-0.25, -0.2) is 0 Å². The first-order chi connectivity index (χ1) is 12.6. The minimum Gasteiger partial charge on any atom is -0.458 e. The summed E-state index contributed by atoms with van der Waals surface area (Å²) in [7, 11) is 0. The highest BCUT2D eigenvalue weighted by molar-refractivity contribution is 7.10. The zero-order valence-electron chi connectivity index (χ0n) is 13.5. The highest BCUT2D eigenvalue weighted by Gasteiger charge is 2.12. The van der Waals surface area contributed by atoms with Gasteiger partial charge in [-0.05, 0) is 23.3 Å². The van der Waals surface area contributed by atoms with Gasteiger partial charge in [-0.2, -0.15) is 0 Å². The van der Waals surface area contributed by atoms with Crippen LogP contribution in [-0.4, -0.2) is 28.0 Å². The van der Waals surface area contributed by atoms with Crippen molar-refractivity contribution in [3.63, 3.8) is 0 Å². The van der Waals surface area contributed by atoms with E-state index < -0.39 is 5.97 Å². The van der Waals surface area contributed by atoms with Crippen molar-refractivity contribution in [2.24, 2.45) is 0 Å². The van der Waals surface area contributed by atoms with E-state index in [-0.39, 0.29) is 19.1 Å². The molecule has 6 nitrogen and oxygen atoms in total. The van der Waals surface area contributed by atoms with E-state index in [0.717, 1.165) is 22.7 Å². The van der Waals surface area contributed by atoms with Gasteiger partial charge in [0, 0.05) is 17.1 Å². The largest absolute Gasteiger partial charge is 0.458 e. The Kier molecular flexibility index (Phi) is 5.93. The molecule has 0 aliphatic heterocycles. The van der Waals surface area contributed by atoms with Crippen molar-refractivity contribution in [3.05, 3.63) is 70.2 Å². The molecule has 2 aromatic carbocycles. The summed E-state index contributed by atoms with van der Waals surface area (Å²) < 4.78 is 9.01. The average Bonchev–Trinajstić information content (AvgIpc) is 3.10. The van der Waals surface area contributed by atoms with E-state index in [2.05, 4.69) is 14.9 Å². The normalized spacial score (nSPS) is 10.3. The molecule has 26 heavy (non-hydrogen) atoms. The number of esters is 1. The SMILES string of the molecule is O=C(CNC(=O)c1ccc(-c2ccccc2)cc1)OCc1nnsc1Cl. The van der Waals surface area contributed by atoms with Crippen LogP contribution in [-0.2, 0) is 16.1 Å². The molecule has 1 heterocycles. The van der Waals surface area contributed by atoms with Crippen LogP contribution < -0.4 is 5.32 Å². The minimum atomic E-state index is -0.580. The number of halogens is 1. The molecule has 0 atom stereocenters. The lowest BCUT2D eigenvalue weighted by molar-refractivity contribution is -0.143. The van der Waals surface area contributed by atoms with Crippen LogP contribution >= 0.6 is 23.1 Å². The van der Waals surface area contributed by atoms with Crippen LogP contribution in [0.1, 0.15) is 16.1 Å². The number of carbonyl (C=O) groups excluding carboxylic acids is 2. The third-order valence-electron chi connectivity index (χ3n) is 3.53. The Bertz CT molecular complexity index is 898. The summed E-state index contributed by atoms with van der Waals surface area (Å²) >= 11 is 6.83. The number of ether oxygens (including phenoxy) is 1. The Morgan fingerprint density at radius 2 is 1.73 bits per heavy atom. The smallest absolute Gasteiger partial charge is 0.325 e. The average molecular weight is 388 g/mol. The lowest BCUT2D eigenvalue weighted by Crippen LogP contribution is -2.30. The second-order valence-electron chi connectivity index (χ2n) is 5.28. The number of benzene rings is 2. The fourth-order valence-electron chi connectivity index (χ4n) is 2.18. The summed E-state index contributed by atoms with van der Waals surface area (Å²) in [6.07, 6.45) is 0. The van der Waals surface area contributed by atoms with Crippen molar-refractivity contribution >= 4 is 35.0 Å². The molecule has 0 aliphatic rings. The Morgan fingerprint density at radius 3 is 2.38 bits per heavy atom. The van der Waals surface area contributed by atoms with E-state index in [1.165, 1.54) is 0 Å². The van der Waals surface area contributed by atoms with Crippen molar-refractivity contribution < 1.29 is 14.3 Å². The molecule has 3 aromatic rings. The lowest BCUT2D eigenvalue weighted by Gasteiger charge is -2.07. The quantitative estimate of drug-likeness (QED) is 0.656. The number of hydrogen-bond acceptors (Lipinski definition) is 6. The number of amides is 1. The molecule has 1 N–H and O–H groups in total. The van der Waals surface area contributed by atoms with Crippen molar-refractivity contribution in [2.45, 2.75) is 6.61 Å². The van der Waals surface area contributed by atoms with Gasteiger partial charge in [-0.3, -0.25) is 9.59 Å². The molecule has 0 bridgehead atoms. The van der Waals surface area contributed by atoms with Crippen molar-refractivity contribution in [3.8, 4) is 11.1 Å². The van der Waals surface area contributed by atoms with E-state index >= 15 is 0 Å². The molecule has 0 saturated carbocycles. The van der Waals surface area contributed by atoms with Crippen molar-refractivity contribution in [1.82, 2.24) is 14.9 Å². The number of carbonyl (C=O) groups is 2. The Labute approximate surface area is 158 Å². The molecule has 0 fully saturated rings. The summed E-state index contributed by atoms with van der Waals surface area (Å²) in [6, 6.07) is 17.0. The predicted octanol–water partition coefficient (Wildman–Crippen LogP) is 3.33. The molecule has 0 unspecified atom stereocenters. The predicted molar refractivity (Wildman–Crippen MR) is 98.9 cm³/mol. The molecule has 0 saturated heterocycles. The molecular weight excluding hydrogens is 374 g/mol. The summed E-state index contributed by atoms with van der Waals surface area (Å²) in [5, 5.41) is 6.26.